The fourth-order valence-electron chi connectivity index (χ4n) is 4.56. The van der Waals surface area contributed by atoms with Gasteiger partial charge in [0.2, 0.25) is 0 Å². The first-order valence-corrected chi connectivity index (χ1v) is 13.4. The zero-order valence-electron chi connectivity index (χ0n) is 22.0. The number of nitrogens with two attached hydrogens (primary N) is 1. The van der Waals surface area contributed by atoms with Crippen molar-refractivity contribution in [2.75, 3.05) is 5.73 Å². The molecule has 0 aliphatic carbocycles. The number of aryl methyl sites for hydroxylation is 1. The van der Waals surface area contributed by atoms with Crippen molar-refractivity contribution in [1.82, 2.24) is 24.6 Å². The van der Waals surface area contributed by atoms with E-state index >= 15 is 0 Å². The molecular weight excluding hydrogens is 522 g/mol. The standard InChI is InChI=1S/C30H27N7O2S/c1-4-15-32-28-26(27(31)35-36(28)3)29(38)34-19(2)24-16-21-10-8-9-20(13-14-22-17-40-18-33-22)25(21)30(39)37(24)23-11-6-5-7-12-23/h4-19H,1H2,2-3H3,(H2,31,35)(H,34,38)/b14-13+,32-15-. The summed E-state index contributed by atoms with van der Waals surface area (Å²) in [5, 5.41) is 10.4. The quantitative estimate of drug-likeness (QED) is 0.254. The number of fused-ring (bicyclic) bond motifs is 1. The highest BCUT2D eigenvalue weighted by molar-refractivity contribution is 7.07. The Kier molecular flexibility index (Phi) is 7.52. The maximum atomic E-state index is 14.2. The second-order valence-electron chi connectivity index (χ2n) is 9.02. The Labute approximate surface area is 234 Å². The van der Waals surface area contributed by atoms with Crippen LogP contribution in [-0.2, 0) is 7.05 Å². The number of pyridine rings is 1. The number of hydrogen-bond donors (Lipinski definition) is 2. The SMILES string of the molecule is C=C/C=N\c1c(C(=O)NC(C)c2cc3cccc(/C=C/c4cscn4)c3c(=O)n2-c2ccccc2)c(N)nn1C. The predicted octanol–water partition coefficient (Wildman–Crippen LogP) is 5.31. The Bertz CT molecular complexity index is 1820. The van der Waals surface area contributed by atoms with Crippen LogP contribution < -0.4 is 16.6 Å². The van der Waals surface area contributed by atoms with Gasteiger partial charge in [-0.05, 0) is 42.1 Å². The number of allylic oxidation sites excluding steroid dienone is 1. The minimum Gasteiger partial charge on any atom is -0.381 e. The van der Waals surface area contributed by atoms with E-state index in [1.807, 2.05) is 79.1 Å². The monoisotopic (exact) mass is 549 g/mol. The van der Waals surface area contributed by atoms with Crippen LogP contribution in [0.3, 0.4) is 0 Å². The molecule has 0 aliphatic heterocycles. The van der Waals surface area contributed by atoms with Crippen molar-refractivity contribution < 1.29 is 4.79 Å². The van der Waals surface area contributed by atoms with E-state index in [2.05, 4.69) is 27.0 Å². The zero-order valence-corrected chi connectivity index (χ0v) is 22.8. The van der Waals surface area contributed by atoms with Crippen LogP contribution in [0.2, 0.25) is 0 Å². The van der Waals surface area contributed by atoms with Crippen molar-refractivity contribution >= 4 is 58.0 Å². The molecule has 1 atom stereocenters. The number of thiazole rings is 1. The van der Waals surface area contributed by atoms with Gasteiger partial charge >= 0.3 is 0 Å². The van der Waals surface area contributed by atoms with Crippen LogP contribution in [0.15, 0.2) is 87.9 Å². The Hall–Kier alpha value is -5.09. The highest BCUT2D eigenvalue weighted by Crippen LogP contribution is 2.27. The largest absolute Gasteiger partial charge is 0.381 e. The van der Waals surface area contributed by atoms with Gasteiger partial charge in [-0.2, -0.15) is 5.10 Å². The third-order valence-electron chi connectivity index (χ3n) is 6.37. The number of aliphatic imine (C=N–C) groups is 1. The van der Waals surface area contributed by atoms with Crippen LogP contribution in [0.25, 0.3) is 28.6 Å². The maximum Gasteiger partial charge on any atom is 0.263 e. The number of nitrogen functional groups attached to an aromatic ring is 1. The van der Waals surface area contributed by atoms with Crippen LogP contribution in [0, 0.1) is 0 Å². The summed E-state index contributed by atoms with van der Waals surface area (Å²) in [6.07, 6.45) is 6.75. The number of benzene rings is 2. The van der Waals surface area contributed by atoms with Crippen LogP contribution in [0.5, 0.6) is 0 Å². The number of para-hydroxylation sites is 1. The van der Waals surface area contributed by atoms with Gasteiger partial charge in [-0.15, -0.1) is 11.3 Å². The summed E-state index contributed by atoms with van der Waals surface area (Å²) in [4.78, 5) is 36.2. The number of rotatable bonds is 8. The first kappa shape index (κ1) is 26.5. The summed E-state index contributed by atoms with van der Waals surface area (Å²) in [5.41, 5.74) is 10.7. The first-order valence-electron chi connectivity index (χ1n) is 12.5. The Morgan fingerprint density at radius 3 is 2.70 bits per heavy atom. The van der Waals surface area contributed by atoms with Gasteiger partial charge in [0.15, 0.2) is 11.6 Å². The number of anilines is 1. The van der Waals surface area contributed by atoms with Gasteiger partial charge in [0.25, 0.3) is 11.5 Å². The molecule has 5 rings (SSSR count). The molecule has 1 amide bonds. The van der Waals surface area contributed by atoms with Gasteiger partial charge in [-0.1, -0.05) is 55.1 Å². The van der Waals surface area contributed by atoms with E-state index in [0.29, 0.717) is 22.6 Å². The molecule has 10 heteroatoms. The minimum absolute atomic E-state index is 0.0546. The number of nitrogens with one attached hydrogen (secondary N) is 1. The lowest BCUT2D eigenvalue weighted by Gasteiger charge is -2.21. The summed E-state index contributed by atoms with van der Waals surface area (Å²) in [6, 6.07) is 16.4. The molecule has 0 radical (unpaired) electrons. The van der Waals surface area contributed by atoms with Crippen LogP contribution in [-0.4, -0.2) is 31.5 Å². The van der Waals surface area contributed by atoms with Crippen LogP contribution >= 0.6 is 11.3 Å². The molecule has 9 nitrogen and oxygen atoms in total. The summed E-state index contributed by atoms with van der Waals surface area (Å²) < 4.78 is 3.07. The minimum atomic E-state index is -0.574. The van der Waals surface area contributed by atoms with Crippen LogP contribution in [0.4, 0.5) is 11.6 Å². The van der Waals surface area contributed by atoms with Gasteiger partial charge < -0.3 is 11.1 Å². The lowest BCUT2D eigenvalue weighted by atomic mass is 10.0. The zero-order chi connectivity index (χ0) is 28.2. The summed E-state index contributed by atoms with van der Waals surface area (Å²) in [5.74, 6) is -0.0991. The van der Waals surface area contributed by atoms with E-state index in [-0.39, 0.29) is 16.9 Å². The molecule has 200 valence electrons. The average molecular weight is 550 g/mol. The Morgan fingerprint density at radius 1 is 1.18 bits per heavy atom. The summed E-state index contributed by atoms with van der Waals surface area (Å²) >= 11 is 1.51. The lowest BCUT2D eigenvalue weighted by molar-refractivity contribution is 0.0940. The predicted molar refractivity (Wildman–Crippen MR) is 162 cm³/mol. The number of carbonyl (C=O) groups is 1. The average Bonchev–Trinajstić information content (AvgIpc) is 3.57. The third kappa shape index (κ3) is 5.12. The van der Waals surface area contributed by atoms with Gasteiger partial charge in [0.1, 0.15) is 5.56 Å². The van der Waals surface area contributed by atoms with Crippen LogP contribution in [0.1, 0.15) is 40.3 Å². The molecule has 0 fully saturated rings. The molecule has 0 aliphatic rings. The van der Waals surface area contributed by atoms with E-state index in [1.54, 1.807) is 17.1 Å². The number of hydrogen-bond acceptors (Lipinski definition) is 7. The fraction of sp³-hybridized carbons (Fsp3) is 0.100. The molecule has 5 aromatic rings. The topological polar surface area (TPSA) is 120 Å². The number of amides is 1. The van der Waals surface area contributed by atoms with Crippen molar-refractivity contribution in [1.29, 1.82) is 0 Å². The molecule has 0 spiro atoms. The van der Waals surface area contributed by atoms with E-state index in [4.69, 9.17) is 5.73 Å². The number of nitrogens with zero attached hydrogens (tertiary/aromatic N) is 5. The van der Waals surface area contributed by atoms with Gasteiger partial charge in [-0.3, -0.25) is 14.2 Å². The second-order valence-corrected chi connectivity index (χ2v) is 9.74. The Morgan fingerprint density at radius 2 is 1.98 bits per heavy atom. The van der Waals surface area contributed by atoms with E-state index in [0.717, 1.165) is 16.6 Å². The van der Waals surface area contributed by atoms with Gasteiger partial charge in [0.05, 0.1) is 22.6 Å². The van der Waals surface area contributed by atoms with Gasteiger partial charge in [0, 0.05) is 30.0 Å². The lowest BCUT2D eigenvalue weighted by Crippen LogP contribution is -2.32. The molecule has 3 N–H and O–H groups in total. The number of carbonyl (C=O) groups excluding carboxylic acids is 1. The van der Waals surface area contributed by atoms with E-state index < -0.39 is 11.9 Å². The highest BCUT2D eigenvalue weighted by atomic mass is 32.1. The smallest absolute Gasteiger partial charge is 0.263 e. The molecule has 0 saturated heterocycles. The maximum absolute atomic E-state index is 14.2. The highest BCUT2D eigenvalue weighted by Gasteiger charge is 2.24. The molecule has 40 heavy (non-hydrogen) atoms. The van der Waals surface area contributed by atoms with Crippen molar-refractivity contribution in [3.05, 3.63) is 111 Å². The third-order valence-corrected chi connectivity index (χ3v) is 6.98. The number of aromatic nitrogens is 4. The van der Waals surface area contributed by atoms with Crippen molar-refractivity contribution in [3.8, 4) is 5.69 Å². The summed E-state index contributed by atoms with van der Waals surface area (Å²) in [6.45, 7) is 5.45. The van der Waals surface area contributed by atoms with E-state index in [1.165, 1.54) is 28.3 Å². The van der Waals surface area contributed by atoms with Gasteiger partial charge in [-0.25, -0.2) is 14.7 Å². The molecule has 0 saturated carbocycles. The molecule has 1 unspecified atom stereocenters. The van der Waals surface area contributed by atoms with E-state index in [9.17, 15) is 9.59 Å². The fourth-order valence-corrected chi connectivity index (χ4v) is 5.08. The normalized spacial score (nSPS) is 12.3. The molecule has 3 aromatic heterocycles. The molecule has 3 heterocycles. The molecular formula is C30H27N7O2S. The molecule has 0 bridgehead atoms. The Balaban J connectivity index is 1.62. The first-order chi connectivity index (χ1) is 19.4. The summed E-state index contributed by atoms with van der Waals surface area (Å²) in [7, 11) is 1.66. The second kappa shape index (κ2) is 11.3. The molecule has 2 aromatic carbocycles. The van der Waals surface area contributed by atoms with Crippen molar-refractivity contribution in [2.45, 2.75) is 13.0 Å². The van der Waals surface area contributed by atoms with Crippen molar-refractivity contribution in [3.63, 3.8) is 0 Å². The van der Waals surface area contributed by atoms with Crippen molar-refractivity contribution in [2.24, 2.45) is 12.0 Å².